The molecule has 0 rings (SSSR count). The molecule has 0 aliphatic rings. The Kier molecular flexibility index (Phi) is 9.31. The Morgan fingerprint density at radius 3 is 1.55 bits per heavy atom. The van der Waals surface area contributed by atoms with Crippen LogP contribution in [0.15, 0.2) is 9.98 Å². The Morgan fingerprint density at radius 2 is 1.55 bits per heavy atom. The summed E-state index contributed by atoms with van der Waals surface area (Å²) >= 11 is 14.8. The standard InChI is InChI=1S/C2Cl3NO.C2H3NO/c3-2(4,5)6-1-7;1-3-2-4/h;1H3. The van der Waals surface area contributed by atoms with Gasteiger partial charge in [0.2, 0.25) is 12.2 Å². The number of alkyl halides is 3. The lowest BCUT2D eigenvalue weighted by Gasteiger charge is -1.94. The second-order valence-electron chi connectivity index (χ2n) is 0.986. The van der Waals surface area contributed by atoms with Crippen molar-refractivity contribution in [1.82, 2.24) is 0 Å². The van der Waals surface area contributed by atoms with E-state index in [2.05, 4.69) is 9.98 Å². The zero-order valence-electron chi connectivity index (χ0n) is 5.34. The quantitative estimate of drug-likeness (QED) is 0.268. The van der Waals surface area contributed by atoms with Crippen LogP contribution in [0.1, 0.15) is 0 Å². The zero-order valence-corrected chi connectivity index (χ0v) is 7.61. The fourth-order valence-electron chi connectivity index (χ4n) is 0.0518. The second kappa shape index (κ2) is 7.73. The number of rotatable bonds is 0. The molecule has 0 spiro atoms. The number of nitrogens with zero attached hydrogens (tertiary/aromatic N) is 2. The molecule has 0 saturated carbocycles. The molecular formula is C4H3Cl3N2O2. The summed E-state index contributed by atoms with van der Waals surface area (Å²) in [5.74, 6) is 0. The summed E-state index contributed by atoms with van der Waals surface area (Å²) in [4.78, 5) is 23.8. The van der Waals surface area contributed by atoms with Gasteiger partial charge < -0.3 is 0 Å². The predicted molar refractivity (Wildman–Crippen MR) is 42.5 cm³/mol. The highest BCUT2D eigenvalue weighted by Gasteiger charge is 2.15. The number of hydrogen-bond donors (Lipinski definition) is 0. The van der Waals surface area contributed by atoms with Gasteiger partial charge in [-0.3, -0.25) is 0 Å². The third-order valence-electron chi connectivity index (χ3n) is 0.264. The van der Waals surface area contributed by atoms with Gasteiger partial charge in [-0.15, -0.1) is 4.99 Å². The average molecular weight is 217 g/mol. The second-order valence-corrected chi connectivity index (χ2v) is 3.21. The lowest BCUT2D eigenvalue weighted by atomic mass is 11.3. The van der Waals surface area contributed by atoms with Gasteiger partial charge in [0.15, 0.2) is 0 Å². The fraction of sp³-hybridized carbons (Fsp3) is 0.500. The molecule has 0 radical (unpaired) electrons. The number of isocyanates is 2. The molecule has 4 nitrogen and oxygen atoms in total. The monoisotopic (exact) mass is 216 g/mol. The molecule has 0 bridgehead atoms. The van der Waals surface area contributed by atoms with Crippen LogP contribution in [0.2, 0.25) is 0 Å². The molecule has 62 valence electrons. The van der Waals surface area contributed by atoms with E-state index in [9.17, 15) is 4.79 Å². The number of hydrogen-bond acceptors (Lipinski definition) is 4. The predicted octanol–water partition coefficient (Wildman–Crippen LogP) is 1.60. The Bertz CT molecular complexity index is 188. The van der Waals surface area contributed by atoms with Crippen LogP contribution < -0.4 is 0 Å². The highest BCUT2D eigenvalue weighted by Crippen LogP contribution is 2.26. The highest BCUT2D eigenvalue weighted by molar-refractivity contribution is 6.67. The van der Waals surface area contributed by atoms with Gasteiger partial charge >= 0.3 is 0 Å². The van der Waals surface area contributed by atoms with Crippen molar-refractivity contribution in [3.8, 4) is 0 Å². The van der Waals surface area contributed by atoms with E-state index in [1.807, 2.05) is 0 Å². The average Bonchev–Trinajstić information content (AvgIpc) is 1.86. The lowest BCUT2D eigenvalue weighted by Crippen LogP contribution is -1.92. The summed E-state index contributed by atoms with van der Waals surface area (Å²) in [5.41, 5.74) is 0. The molecule has 0 N–H and O–H groups in total. The molecule has 0 heterocycles. The van der Waals surface area contributed by atoms with E-state index in [0.29, 0.717) is 0 Å². The summed E-state index contributed by atoms with van der Waals surface area (Å²) in [6.45, 7) is 0. The number of aliphatic imine (C=N–C) groups is 2. The van der Waals surface area contributed by atoms with Gasteiger partial charge in [0.1, 0.15) is 0 Å². The van der Waals surface area contributed by atoms with Crippen molar-refractivity contribution in [2.75, 3.05) is 7.05 Å². The third kappa shape index (κ3) is 26.2. The van der Waals surface area contributed by atoms with Crippen LogP contribution >= 0.6 is 34.8 Å². The molecule has 0 aromatic carbocycles. The van der Waals surface area contributed by atoms with Crippen molar-refractivity contribution in [3.63, 3.8) is 0 Å². The summed E-state index contributed by atoms with van der Waals surface area (Å²) in [5, 5.41) is 0. The van der Waals surface area contributed by atoms with Gasteiger partial charge in [0.25, 0.3) is 3.92 Å². The van der Waals surface area contributed by atoms with Crippen LogP contribution in [0.25, 0.3) is 0 Å². The van der Waals surface area contributed by atoms with Crippen LogP contribution in [-0.2, 0) is 9.59 Å². The first-order chi connectivity index (χ1) is 4.97. The first-order valence-corrected chi connectivity index (χ1v) is 3.23. The van der Waals surface area contributed by atoms with E-state index >= 15 is 0 Å². The lowest BCUT2D eigenvalue weighted by molar-refractivity contribution is 0.563. The minimum Gasteiger partial charge on any atom is -0.211 e. The van der Waals surface area contributed by atoms with Gasteiger partial charge in [-0.25, -0.2) is 14.6 Å². The van der Waals surface area contributed by atoms with E-state index in [0.717, 1.165) is 6.08 Å². The summed E-state index contributed by atoms with van der Waals surface area (Å²) in [7, 11) is 1.38. The molecule has 0 aliphatic heterocycles. The summed E-state index contributed by atoms with van der Waals surface area (Å²) in [6, 6.07) is 0. The van der Waals surface area contributed by atoms with E-state index in [1.54, 1.807) is 0 Å². The molecule has 0 unspecified atom stereocenters. The largest absolute Gasteiger partial charge is 0.295 e. The smallest absolute Gasteiger partial charge is 0.211 e. The van der Waals surface area contributed by atoms with Crippen molar-refractivity contribution < 1.29 is 9.59 Å². The van der Waals surface area contributed by atoms with Crippen molar-refractivity contribution in [1.29, 1.82) is 0 Å². The van der Waals surface area contributed by atoms with Crippen LogP contribution in [0.3, 0.4) is 0 Å². The van der Waals surface area contributed by atoms with E-state index in [1.165, 1.54) is 13.1 Å². The Balaban J connectivity index is 0. The molecular weight excluding hydrogens is 214 g/mol. The normalized spacial score (nSPS) is 8.00. The summed E-state index contributed by atoms with van der Waals surface area (Å²) in [6.07, 6.45) is 2.39. The van der Waals surface area contributed by atoms with Gasteiger partial charge in [0, 0.05) is 7.05 Å². The van der Waals surface area contributed by atoms with Gasteiger partial charge in [-0.1, -0.05) is 34.8 Å². The van der Waals surface area contributed by atoms with E-state index in [4.69, 9.17) is 39.6 Å². The molecule has 0 aromatic rings. The molecule has 0 fully saturated rings. The van der Waals surface area contributed by atoms with Gasteiger partial charge in [0.05, 0.1) is 0 Å². The minimum atomic E-state index is -1.83. The zero-order chi connectivity index (χ0) is 9.33. The highest BCUT2D eigenvalue weighted by atomic mass is 35.6. The van der Waals surface area contributed by atoms with Crippen LogP contribution in [0, 0.1) is 0 Å². The Hall–Kier alpha value is -0.370. The SMILES string of the molecule is CN=C=O.O=C=NC(Cl)(Cl)Cl. The summed E-state index contributed by atoms with van der Waals surface area (Å²) < 4.78 is -1.83. The van der Waals surface area contributed by atoms with Gasteiger partial charge in [-0.2, -0.15) is 0 Å². The number of halogens is 3. The van der Waals surface area contributed by atoms with E-state index < -0.39 is 3.92 Å². The van der Waals surface area contributed by atoms with Gasteiger partial charge in [-0.05, 0) is 0 Å². The first-order valence-electron chi connectivity index (χ1n) is 2.09. The molecule has 7 heteroatoms. The fourth-order valence-corrected chi connectivity index (χ4v) is 0.155. The maximum absolute atomic E-state index is 9.28. The Morgan fingerprint density at radius 1 is 1.18 bits per heavy atom. The van der Waals surface area contributed by atoms with Crippen molar-refractivity contribution in [2.24, 2.45) is 9.98 Å². The molecule has 0 aromatic heterocycles. The minimum absolute atomic E-state index is 1.09. The maximum Gasteiger partial charge on any atom is 0.295 e. The van der Waals surface area contributed by atoms with Crippen LogP contribution in [-0.4, -0.2) is 23.1 Å². The molecule has 0 amide bonds. The molecule has 0 atom stereocenters. The van der Waals surface area contributed by atoms with E-state index in [-0.39, 0.29) is 0 Å². The van der Waals surface area contributed by atoms with Crippen molar-refractivity contribution >= 4 is 47.0 Å². The Labute approximate surface area is 77.9 Å². The molecule has 0 aliphatic carbocycles. The first kappa shape index (κ1) is 13.2. The third-order valence-corrected chi connectivity index (χ3v) is 0.517. The molecule has 11 heavy (non-hydrogen) atoms. The topological polar surface area (TPSA) is 58.9 Å². The van der Waals surface area contributed by atoms with Crippen molar-refractivity contribution in [3.05, 3.63) is 0 Å². The van der Waals surface area contributed by atoms with Crippen LogP contribution in [0.4, 0.5) is 0 Å². The van der Waals surface area contributed by atoms with Crippen LogP contribution in [0.5, 0.6) is 0 Å². The number of carbonyl (C=O) groups excluding carboxylic acids is 2. The maximum atomic E-state index is 9.28. The molecule has 0 saturated heterocycles. The van der Waals surface area contributed by atoms with Crippen molar-refractivity contribution in [2.45, 2.75) is 3.92 Å².